The van der Waals surface area contributed by atoms with Crippen LogP contribution in [0.3, 0.4) is 0 Å². The molecule has 0 aliphatic rings. The van der Waals surface area contributed by atoms with E-state index in [0.29, 0.717) is 0 Å². The Hall–Kier alpha value is -14.2. The van der Waals surface area contributed by atoms with Crippen LogP contribution in [-0.4, -0.2) is 9.13 Å². The third-order valence-electron chi connectivity index (χ3n) is 21.6. The average molecular weight is 1410 g/mol. The molecule has 0 radical (unpaired) electrons. The Kier molecular flexibility index (Phi) is 15.3. The number of para-hydroxylation sites is 11. The van der Waals surface area contributed by atoms with E-state index in [-0.39, 0.29) is 0 Å². The predicted octanol–water partition coefficient (Wildman–Crippen LogP) is 29.3. The van der Waals surface area contributed by atoms with Crippen molar-refractivity contribution in [3.8, 4) is 55.9 Å². The average Bonchev–Trinajstić information content (AvgIpc) is 1.66. The Labute approximate surface area is 632 Å². The van der Waals surface area contributed by atoms with E-state index >= 15 is 0 Å². The van der Waals surface area contributed by atoms with Crippen LogP contribution in [0.2, 0.25) is 0 Å². The minimum atomic E-state index is 0.860. The zero-order valence-corrected chi connectivity index (χ0v) is 59.9. The van der Waals surface area contributed by atoms with E-state index < -0.39 is 0 Å². The number of anilines is 6. The molecule has 0 spiro atoms. The predicted molar refractivity (Wildman–Crippen MR) is 460 cm³/mol. The summed E-state index contributed by atoms with van der Waals surface area (Å²) >= 11 is 1.85. The summed E-state index contributed by atoms with van der Waals surface area (Å²) in [7, 11) is 0. The lowest BCUT2D eigenvalue weighted by molar-refractivity contribution is 0.669. The molecule has 7 heteroatoms. The Bertz CT molecular complexity index is 7170. The Morgan fingerprint density at radius 3 is 1.13 bits per heavy atom. The van der Waals surface area contributed by atoms with Crippen LogP contribution < -0.4 is 9.80 Å². The summed E-state index contributed by atoms with van der Waals surface area (Å²) in [5, 5.41) is 11.8. The van der Waals surface area contributed by atoms with Crippen LogP contribution in [0.1, 0.15) is 0 Å². The van der Waals surface area contributed by atoms with Crippen molar-refractivity contribution in [2.45, 2.75) is 0 Å². The minimum Gasteiger partial charge on any atom is -0.456 e. The van der Waals surface area contributed by atoms with E-state index in [1.807, 2.05) is 17.4 Å². The molecule has 0 fully saturated rings. The fourth-order valence-electron chi connectivity index (χ4n) is 17.0. The van der Waals surface area contributed by atoms with Crippen LogP contribution in [0, 0.1) is 0 Å². The molecule has 512 valence electrons. The molecular weight excluding hydrogens is 1350 g/mol. The van der Waals surface area contributed by atoms with Gasteiger partial charge >= 0.3 is 0 Å². The highest BCUT2D eigenvalue weighted by Crippen LogP contribution is 2.54. The monoisotopic (exact) mass is 1410 g/mol. The van der Waals surface area contributed by atoms with Crippen molar-refractivity contribution >= 4 is 153 Å². The summed E-state index contributed by atoms with van der Waals surface area (Å²) in [6, 6.07) is 143. The molecule has 6 nitrogen and oxygen atoms in total. The van der Waals surface area contributed by atoms with Gasteiger partial charge in [0.25, 0.3) is 0 Å². The fraction of sp³-hybridized carbons (Fsp3) is 0. The van der Waals surface area contributed by atoms with E-state index in [9.17, 15) is 0 Å². The van der Waals surface area contributed by atoms with E-state index in [4.69, 9.17) is 8.83 Å². The topological polar surface area (TPSA) is 42.6 Å². The number of nitrogens with zero attached hydrogens (tertiary/aromatic N) is 4. The third-order valence-corrected chi connectivity index (χ3v) is 22.8. The highest BCUT2D eigenvalue weighted by molar-refractivity contribution is 7.26. The van der Waals surface area contributed by atoms with E-state index in [0.717, 1.165) is 134 Å². The fourth-order valence-corrected chi connectivity index (χ4v) is 18.2. The second-order valence-corrected chi connectivity index (χ2v) is 28.7. The van der Waals surface area contributed by atoms with Gasteiger partial charge < -0.3 is 27.8 Å². The molecule has 0 saturated heterocycles. The summed E-state index contributed by atoms with van der Waals surface area (Å²) in [4.78, 5) is 4.93. The summed E-state index contributed by atoms with van der Waals surface area (Å²) in [6.07, 6.45) is 0. The summed E-state index contributed by atoms with van der Waals surface area (Å²) < 4.78 is 20.7. The third kappa shape index (κ3) is 10.5. The number of fused-ring (bicyclic) bond motifs is 15. The molecule has 22 aromatic rings. The number of rotatable bonds is 12. The van der Waals surface area contributed by atoms with Crippen molar-refractivity contribution in [2.75, 3.05) is 9.80 Å². The van der Waals surface area contributed by atoms with Gasteiger partial charge in [-0.3, -0.25) is 0 Å². The van der Waals surface area contributed by atoms with Crippen LogP contribution in [-0.2, 0) is 0 Å². The summed E-state index contributed by atoms with van der Waals surface area (Å²) in [6.45, 7) is 0. The van der Waals surface area contributed by atoms with Gasteiger partial charge in [0, 0.05) is 81.2 Å². The van der Waals surface area contributed by atoms with Crippen LogP contribution in [0.25, 0.3) is 164 Å². The maximum Gasteiger partial charge on any atom is 0.145 e. The van der Waals surface area contributed by atoms with E-state index in [2.05, 4.69) is 413 Å². The van der Waals surface area contributed by atoms with Crippen molar-refractivity contribution in [1.82, 2.24) is 9.13 Å². The van der Waals surface area contributed by atoms with Gasteiger partial charge in [0.15, 0.2) is 0 Å². The quantitative estimate of drug-likeness (QED) is 0.122. The highest BCUT2D eigenvalue weighted by atomic mass is 32.1. The van der Waals surface area contributed by atoms with Crippen molar-refractivity contribution in [3.05, 3.63) is 400 Å². The molecule has 22 rings (SSSR count). The molecule has 17 aromatic carbocycles. The largest absolute Gasteiger partial charge is 0.456 e. The number of aromatic nitrogens is 2. The van der Waals surface area contributed by atoms with Crippen molar-refractivity contribution in [2.24, 2.45) is 0 Å². The molecule has 5 heterocycles. The van der Waals surface area contributed by atoms with Crippen LogP contribution in [0.5, 0.6) is 0 Å². The molecule has 5 aromatic heterocycles. The maximum atomic E-state index is 6.87. The number of hydrogen-bond acceptors (Lipinski definition) is 5. The first kappa shape index (κ1) is 63.3. The summed E-state index contributed by atoms with van der Waals surface area (Å²) in [5.41, 5.74) is 26.0. The smallest absolute Gasteiger partial charge is 0.145 e. The van der Waals surface area contributed by atoms with Crippen LogP contribution in [0.15, 0.2) is 409 Å². The van der Waals surface area contributed by atoms with Crippen molar-refractivity contribution < 1.29 is 8.83 Å². The van der Waals surface area contributed by atoms with Gasteiger partial charge in [-0.25, -0.2) is 0 Å². The first-order chi connectivity index (χ1) is 54.2. The lowest BCUT2D eigenvalue weighted by Gasteiger charge is -2.31. The maximum absolute atomic E-state index is 6.87. The second-order valence-electron chi connectivity index (χ2n) is 27.7. The normalized spacial score (nSPS) is 11.7. The number of furan rings is 2. The molecular formula is C102H66N4O2S. The zero-order valence-electron chi connectivity index (χ0n) is 59.1. The lowest BCUT2D eigenvalue weighted by Crippen LogP contribution is -2.13. The first-order valence-electron chi connectivity index (χ1n) is 37.1. The SMILES string of the molecule is c1ccc(-c2ccc(N(c3ccccc3-c3ccccc3-n3c4ccccc4c4ccccc43)c3cccc4c3sc3ccccc34)c3c2oc2ccccc23)cc1.c1ccc(-c2ccccc2N(c2ccccc2-c2ccccc2-n2c3ccccc3c3ccccc32)c2cccc3oc4ccccc4c23)cc1. The number of benzene rings is 17. The lowest BCUT2D eigenvalue weighted by atomic mass is 9.97. The molecule has 0 unspecified atom stereocenters. The molecule has 0 atom stereocenters. The minimum absolute atomic E-state index is 0.860. The van der Waals surface area contributed by atoms with Gasteiger partial charge in [-0.1, -0.05) is 297 Å². The first-order valence-corrected chi connectivity index (χ1v) is 37.9. The number of hydrogen-bond donors (Lipinski definition) is 0. The highest BCUT2D eigenvalue weighted by Gasteiger charge is 2.30. The molecule has 0 aliphatic carbocycles. The number of thiophene rings is 1. The molecule has 109 heavy (non-hydrogen) atoms. The van der Waals surface area contributed by atoms with Gasteiger partial charge in [0.05, 0.1) is 83.0 Å². The van der Waals surface area contributed by atoms with Gasteiger partial charge in [0.2, 0.25) is 0 Å². The molecule has 0 N–H and O–H groups in total. The van der Waals surface area contributed by atoms with E-state index in [1.165, 1.54) is 63.8 Å². The van der Waals surface area contributed by atoms with Crippen molar-refractivity contribution in [3.63, 3.8) is 0 Å². The zero-order chi connectivity index (χ0) is 71.9. The summed E-state index contributed by atoms with van der Waals surface area (Å²) in [5.74, 6) is 0. The Balaban J connectivity index is 0.000000140. The van der Waals surface area contributed by atoms with Crippen LogP contribution >= 0.6 is 11.3 Å². The van der Waals surface area contributed by atoms with Gasteiger partial charge in [-0.15, -0.1) is 11.3 Å². The molecule has 0 amide bonds. The molecule has 0 saturated carbocycles. The van der Waals surface area contributed by atoms with Gasteiger partial charge in [-0.05, 0) is 114 Å². The van der Waals surface area contributed by atoms with Crippen molar-refractivity contribution in [1.29, 1.82) is 0 Å². The molecule has 0 aliphatic heterocycles. The Morgan fingerprint density at radius 1 is 0.211 bits per heavy atom. The second kappa shape index (κ2) is 26.4. The Morgan fingerprint density at radius 2 is 0.569 bits per heavy atom. The standard InChI is InChI=1S/C54H34N2OS.C48H32N2O/c1-2-17-35(18-3-1)36-33-34-48(52-43-24-8-14-31-50(43)57-53(36)52)56(49-30-16-25-42-41-23-9-15-32-51(41)58-54(42)49)47-29-13-7-22-40(47)39-21-6-12-28-46(39)55-44-26-10-4-19-37(44)38-20-5-11-27-45(38)55;1-2-17-33(18-3-1)34-19-4-10-25-40(34)50(45-30-16-32-47-48(45)39-24-9-15-31-46(39)51-47)44-29-14-8-23-38(44)37-22-7-13-28-43(37)49-41-26-11-5-20-35(41)36-21-6-12-27-42(36)49/h1-34H;1-32H. The van der Waals surface area contributed by atoms with Gasteiger partial charge in [0.1, 0.15) is 22.3 Å². The van der Waals surface area contributed by atoms with E-state index in [1.54, 1.807) is 0 Å². The van der Waals surface area contributed by atoms with Crippen LogP contribution in [0.4, 0.5) is 34.1 Å². The molecule has 0 bridgehead atoms. The van der Waals surface area contributed by atoms with Gasteiger partial charge in [-0.2, -0.15) is 0 Å².